The SMILES string of the molecule is NCC1CCCC1Cc1ccc2ccccc2n1. The van der Waals surface area contributed by atoms with E-state index in [-0.39, 0.29) is 0 Å². The molecule has 1 aliphatic carbocycles. The van der Waals surface area contributed by atoms with Crippen LogP contribution in [0.1, 0.15) is 25.0 Å². The molecule has 1 heterocycles. The third kappa shape index (κ3) is 2.25. The molecule has 0 aliphatic heterocycles. The first-order valence-electron chi connectivity index (χ1n) is 6.91. The third-order valence-electron chi connectivity index (χ3n) is 4.25. The quantitative estimate of drug-likeness (QED) is 0.895. The van der Waals surface area contributed by atoms with Gasteiger partial charge < -0.3 is 5.73 Å². The lowest BCUT2D eigenvalue weighted by molar-refractivity contribution is 0.391. The van der Waals surface area contributed by atoms with E-state index in [1.807, 2.05) is 0 Å². The van der Waals surface area contributed by atoms with Crippen LogP contribution in [0.25, 0.3) is 10.9 Å². The molecule has 18 heavy (non-hydrogen) atoms. The van der Waals surface area contributed by atoms with Crippen LogP contribution in [0.3, 0.4) is 0 Å². The van der Waals surface area contributed by atoms with Crippen molar-refractivity contribution in [3.63, 3.8) is 0 Å². The van der Waals surface area contributed by atoms with Gasteiger partial charge in [-0.25, -0.2) is 0 Å². The Morgan fingerprint density at radius 2 is 1.89 bits per heavy atom. The second-order valence-corrected chi connectivity index (χ2v) is 5.39. The lowest BCUT2D eigenvalue weighted by atomic mass is 9.91. The second-order valence-electron chi connectivity index (χ2n) is 5.39. The van der Waals surface area contributed by atoms with E-state index in [1.165, 1.54) is 30.3 Å². The van der Waals surface area contributed by atoms with Crippen LogP contribution in [-0.2, 0) is 6.42 Å². The highest BCUT2D eigenvalue weighted by molar-refractivity contribution is 5.78. The molecule has 1 aliphatic rings. The molecule has 2 heteroatoms. The third-order valence-corrected chi connectivity index (χ3v) is 4.25. The van der Waals surface area contributed by atoms with Gasteiger partial charge in [0, 0.05) is 11.1 Å². The lowest BCUT2D eigenvalue weighted by Gasteiger charge is -2.17. The van der Waals surface area contributed by atoms with E-state index in [0.29, 0.717) is 5.92 Å². The first kappa shape index (κ1) is 11.7. The number of benzene rings is 1. The van der Waals surface area contributed by atoms with Crippen LogP contribution in [0.4, 0.5) is 0 Å². The maximum atomic E-state index is 5.85. The van der Waals surface area contributed by atoms with Crippen LogP contribution in [-0.4, -0.2) is 11.5 Å². The highest BCUT2D eigenvalue weighted by atomic mass is 14.7. The molecule has 0 bridgehead atoms. The van der Waals surface area contributed by atoms with E-state index in [9.17, 15) is 0 Å². The number of aromatic nitrogens is 1. The zero-order valence-corrected chi connectivity index (χ0v) is 10.7. The molecule has 0 radical (unpaired) electrons. The Labute approximate surface area is 108 Å². The standard InChI is InChI=1S/C16H20N2/c17-11-14-6-3-5-13(14)10-15-9-8-12-4-1-2-7-16(12)18-15/h1-2,4,7-9,13-14H,3,5-6,10-11,17H2. The Bertz CT molecular complexity index is 535. The van der Waals surface area contributed by atoms with Gasteiger partial charge in [0.25, 0.3) is 0 Å². The average Bonchev–Trinajstić information content (AvgIpc) is 2.86. The van der Waals surface area contributed by atoms with Crippen molar-refractivity contribution in [1.82, 2.24) is 4.98 Å². The Balaban J connectivity index is 1.82. The molecule has 94 valence electrons. The van der Waals surface area contributed by atoms with Crippen molar-refractivity contribution in [3.8, 4) is 0 Å². The number of rotatable bonds is 3. The molecule has 0 saturated heterocycles. The number of hydrogen-bond acceptors (Lipinski definition) is 2. The summed E-state index contributed by atoms with van der Waals surface area (Å²) in [7, 11) is 0. The topological polar surface area (TPSA) is 38.9 Å². The first-order valence-corrected chi connectivity index (χ1v) is 6.91. The highest BCUT2D eigenvalue weighted by Gasteiger charge is 2.26. The Morgan fingerprint density at radius 3 is 2.78 bits per heavy atom. The van der Waals surface area contributed by atoms with Gasteiger partial charge in [-0.05, 0) is 49.8 Å². The molecule has 0 amide bonds. The number of fused-ring (bicyclic) bond motifs is 1. The molecule has 1 aromatic carbocycles. The number of nitrogens with two attached hydrogens (primary N) is 1. The summed E-state index contributed by atoms with van der Waals surface area (Å²) in [6.07, 6.45) is 5.04. The lowest BCUT2D eigenvalue weighted by Crippen LogP contribution is -2.20. The van der Waals surface area contributed by atoms with E-state index in [0.717, 1.165) is 24.4 Å². The Morgan fingerprint density at radius 1 is 1.06 bits per heavy atom. The van der Waals surface area contributed by atoms with Crippen molar-refractivity contribution in [1.29, 1.82) is 0 Å². The molecular formula is C16H20N2. The maximum Gasteiger partial charge on any atom is 0.0705 e. The van der Waals surface area contributed by atoms with Gasteiger partial charge in [-0.15, -0.1) is 0 Å². The van der Waals surface area contributed by atoms with Crippen molar-refractivity contribution in [2.45, 2.75) is 25.7 Å². The molecule has 1 saturated carbocycles. The van der Waals surface area contributed by atoms with Gasteiger partial charge in [0.1, 0.15) is 0 Å². The maximum absolute atomic E-state index is 5.85. The molecule has 3 rings (SSSR count). The van der Waals surface area contributed by atoms with E-state index in [1.54, 1.807) is 0 Å². The van der Waals surface area contributed by atoms with Gasteiger partial charge >= 0.3 is 0 Å². The molecule has 2 atom stereocenters. The summed E-state index contributed by atoms with van der Waals surface area (Å²) in [4.78, 5) is 4.77. The van der Waals surface area contributed by atoms with Crippen molar-refractivity contribution < 1.29 is 0 Å². The van der Waals surface area contributed by atoms with Crippen molar-refractivity contribution >= 4 is 10.9 Å². The first-order chi connectivity index (χ1) is 8.86. The van der Waals surface area contributed by atoms with Crippen LogP contribution in [0.2, 0.25) is 0 Å². The van der Waals surface area contributed by atoms with Crippen LogP contribution >= 0.6 is 0 Å². The number of nitrogens with zero attached hydrogens (tertiary/aromatic N) is 1. The van der Waals surface area contributed by atoms with Crippen molar-refractivity contribution in [2.75, 3.05) is 6.54 Å². The summed E-state index contributed by atoms with van der Waals surface area (Å²) in [6.45, 7) is 0.832. The molecule has 2 unspecified atom stereocenters. The Hall–Kier alpha value is -1.41. The fourth-order valence-electron chi connectivity index (χ4n) is 3.18. The van der Waals surface area contributed by atoms with E-state index in [2.05, 4.69) is 36.4 Å². The monoisotopic (exact) mass is 240 g/mol. The molecule has 1 aromatic heterocycles. The minimum atomic E-state index is 0.707. The van der Waals surface area contributed by atoms with Gasteiger partial charge in [-0.2, -0.15) is 0 Å². The average molecular weight is 240 g/mol. The van der Waals surface area contributed by atoms with Gasteiger partial charge in [0.2, 0.25) is 0 Å². The van der Waals surface area contributed by atoms with Crippen molar-refractivity contribution in [3.05, 3.63) is 42.1 Å². The number of pyridine rings is 1. The van der Waals surface area contributed by atoms with Gasteiger partial charge in [-0.3, -0.25) is 4.98 Å². The van der Waals surface area contributed by atoms with Crippen LogP contribution in [0.15, 0.2) is 36.4 Å². The minimum absolute atomic E-state index is 0.707. The fourth-order valence-corrected chi connectivity index (χ4v) is 3.18. The van der Waals surface area contributed by atoms with Gasteiger partial charge in [0.05, 0.1) is 5.52 Å². The fraction of sp³-hybridized carbons (Fsp3) is 0.438. The van der Waals surface area contributed by atoms with Gasteiger partial charge in [-0.1, -0.05) is 30.7 Å². The van der Waals surface area contributed by atoms with Crippen LogP contribution in [0.5, 0.6) is 0 Å². The Kier molecular flexibility index (Phi) is 3.28. The summed E-state index contributed by atoms with van der Waals surface area (Å²) in [5.74, 6) is 1.45. The largest absolute Gasteiger partial charge is 0.330 e. The van der Waals surface area contributed by atoms with Gasteiger partial charge in [0.15, 0.2) is 0 Å². The normalized spacial score (nSPS) is 23.6. The number of para-hydroxylation sites is 1. The molecular weight excluding hydrogens is 220 g/mol. The smallest absolute Gasteiger partial charge is 0.0705 e. The summed E-state index contributed by atoms with van der Waals surface area (Å²) in [5, 5.41) is 1.23. The van der Waals surface area contributed by atoms with Crippen molar-refractivity contribution in [2.24, 2.45) is 17.6 Å². The minimum Gasteiger partial charge on any atom is -0.330 e. The molecule has 2 aromatic rings. The summed E-state index contributed by atoms with van der Waals surface area (Å²) < 4.78 is 0. The van der Waals surface area contributed by atoms with E-state index < -0.39 is 0 Å². The van der Waals surface area contributed by atoms with Crippen LogP contribution in [0, 0.1) is 11.8 Å². The summed E-state index contributed by atoms with van der Waals surface area (Å²) in [6, 6.07) is 12.7. The predicted octanol–water partition coefficient (Wildman–Crippen LogP) is 3.15. The van der Waals surface area contributed by atoms with E-state index in [4.69, 9.17) is 10.7 Å². The molecule has 0 spiro atoms. The van der Waals surface area contributed by atoms with E-state index >= 15 is 0 Å². The number of hydrogen-bond donors (Lipinski definition) is 1. The zero-order chi connectivity index (χ0) is 12.4. The molecule has 1 fully saturated rings. The summed E-state index contributed by atoms with van der Waals surface area (Å²) in [5.41, 5.74) is 8.18. The second kappa shape index (κ2) is 5.07. The zero-order valence-electron chi connectivity index (χ0n) is 10.7. The van der Waals surface area contributed by atoms with Crippen LogP contribution < -0.4 is 5.73 Å². The molecule has 2 N–H and O–H groups in total. The summed E-state index contributed by atoms with van der Waals surface area (Å²) >= 11 is 0. The molecule has 2 nitrogen and oxygen atoms in total. The predicted molar refractivity (Wildman–Crippen MR) is 75.3 cm³/mol. The highest BCUT2D eigenvalue weighted by Crippen LogP contribution is 2.33.